The Bertz CT molecular complexity index is 839. The van der Waals surface area contributed by atoms with Gasteiger partial charge in [-0.15, -0.1) is 0 Å². The minimum Gasteiger partial charge on any atom is -0.462 e. The molecule has 6 heteroatoms. The predicted octanol–water partition coefficient (Wildman–Crippen LogP) is 3.83. The van der Waals surface area contributed by atoms with Crippen molar-refractivity contribution >= 4 is 11.7 Å². The molecule has 1 N–H and O–H groups in total. The fraction of sp³-hybridized carbons (Fsp3) is 0.211. The van der Waals surface area contributed by atoms with Crippen LogP contribution in [-0.4, -0.2) is 22.7 Å². The second-order valence-corrected chi connectivity index (χ2v) is 5.53. The Balaban J connectivity index is 1.60. The number of carbonyl (C=O) groups excluding carboxylic acids is 1. The average Bonchev–Trinajstić information content (AvgIpc) is 3.10. The lowest BCUT2D eigenvalue weighted by molar-refractivity contribution is 0.0526. The molecule has 0 saturated heterocycles. The van der Waals surface area contributed by atoms with Crippen molar-refractivity contribution in [1.82, 2.24) is 10.1 Å². The molecule has 0 fully saturated rings. The second kappa shape index (κ2) is 7.61. The minimum atomic E-state index is -0.325. The van der Waals surface area contributed by atoms with Gasteiger partial charge in [0.05, 0.1) is 18.7 Å². The van der Waals surface area contributed by atoms with Crippen molar-refractivity contribution < 1.29 is 14.1 Å². The van der Waals surface area contributed by atoms with E-state index in [2.05, 4.69) is 15.5 Å². The van der Waals surface area contributed by atoms with Crippen molar-refractivity contribution in [2.75, 3.05) is 11.9 Å². The molecule has 6 nitrogen and oxygen atoms in total. The Kier molecular flexibility index (Phi) is 5.09. The molecule has 25 heavy (non-hydrogen) atoms. The molecule has 0 unspecified atom stereocenters. The number of esters is 1. The Hall–Kier alpha value is -3.15. The lowest BCUT2D eigenvalue weighted by Crippen LogP contribution is -2.05. The molecule has 0 radical (unpaired) electrons. The zero-order valence-corrected chi connectivity index (χ0v) is 14.2. The number of aryl methyl sites for hydroxylation is 1. The largest absolute Gasteiger partial charge is 0.462 e. The fourth-order valence-electron chi connectivity index (χ4n) is 2.26. The van der Waals surface area contributed by atoms with Crippen LogP contribution in [0, 0.1) is 6.92 Å². The van der Waals surface area contributed by atoms with E-state index in [1.54, 1.807) is 19.1 Å². The molecular weight excluding hydrogens is 318 g/mol. The van der Waals surface area contributed by atoms with Crippen LogP contribution >= 0.6 is 0 Å². The van der Waals surface area contributed by atoms with Crippen LogP contribution in [0.4, 0.5) is 5.69 Å². The zero-order chi connectivity index (χ0) is 17.6. The summed E-state index contributed by atoms with van der Waals surface area (Å²) in [5, 5.41) is 7.18. The molecule has 1 aromatic heterocycles. The van der Waals surface area contributed by atoms with Gasteiger partial charge in [0.25, 0.3) is 0 Å². The van der Waals surface area contributed by atoms with Gasteiger partial charge in [-0.05, 0) is 38.1 Å². The Labute approximate surface area is 145 Å². The molecule has 0 bridgehead atoms. The summed E-state index contributed by atoms with van der Waals surface area (Å²) in [6.45, 7) is 4.57. The van der Waals surface area contributed by atoms with Gasteiger partial charge in [-0.1, -0.05) is 35.0 Å². The maximum Gasteiger partial charge on any atom is 0.338 e. The van der Waals surface area contributed by atoms with Crippen LogP contribution < -0.4 is 5.32 Å². The first kappa shape index (κ1) is 16.7. The number of ether oxygens (including phenoxy) is 1. The van der Waals surface area contributed by atoms with Gasteiger partial charge in [0.2, 0.25) is 11.7 Å². The molecule has 0 atom stereocenters. The first-order valence-corrected chi connectivity index (χ1v) is 8.06. The van der Waals surface area contributed by atoms with Gasteiger partial charge in [0.15, 0.2) is 0 Å². The summed E-state index contributed by atoms with van der Waals surface area (Å²) in [5.74, 6) is 0.730. The summed E-state index contributed by atoms with van der Waals surface area (Å²) in [6, 6.07) is 15.0. The highest BCUT2D eigenvalue weighted by Gasteiger charge is 2.09. The number of hydrogen-bond acceptors (Lipinski definition) is 6. The predicted molar refractivity (Wildman–Crippen MR) is 94.2 cm³/mol. The monoisotopic (exact) mass is 337 g/mol. The van der Waals surface area contributed by atoms with Crippen LogP contribution in [0.5, 0.6) is 0 Å². The summed E-state index contributed by atoms with van der Waals surface area (Å²) in [7, 11) is 0. The minimum absolute atomic E-state index is 0.325. The van der Waals surface area contributed by atoms with E-state index in [-0.39, 0.29) is 5.97 Å². The third-order valence-electron chi connectivity index (χ3n) is 3.62. The summed E-state index contributed by atoms with van der Waals surface area (Å²) < 4.78 is 10.2. The first-order chi connectivity index (χ1) is 12.2. The number of rotatable bonds is 6. The van der Waals surface area contributed by atoms with Crippen LogP contribution in [0.25, 0.3) is 11.4 Å². The van der Waals surface area contributed by atoms with Crippen LogP contribution in [0.3, 0.4) is 0 Å². The molecule has 0 aliphatic rings. The van der Waals surface area contributed by atoms with Crippen molar-refractivity contribution in [3.8, 4) is 11.4 Å². The van der Waals surface area contributed by atoms with Gasteiger partial charge < -0.3 is 14.6 Å². The standard InChI is InChI=1S/C19H19N3O3/c1-3-24-19(23)15-8-10-16(11-9-15)20-12-17-21-18(22-25-17)14-6-4-13(2)5-7-14/h4-11,20H,3,12H2,1-2H3. The van der Waals surface area contributed by atoms with Crippen molar-refractivity contribution in [3.63, 3.8) is 0 Å². The Morgan fingerprint density at radius 1 is 1.12 bits per heavy atom. The van der Waals surface area contributed by atoms with Crippen molar-refractivity contribution in [1.29, 1.82) is 0 Å². The van der Waals surface area contributed by atoms with E-state index in [4.69, 9.17) is 9.26 Å². The van der Waals surface area contributed by atoms with E-state index in [9.17, 15) is 4.79 Å². The van der Waals surface area contributed by atoms with Crippen LogP contribution in [0.15, 0.2) is 53.1 Å². The number of benzene rings is 2. The lowest BCUT2D eigenvalue weighted by Gasteiger charge is -2.05. The average molecular weight is 337 g/mol. The topological polar surface area (TPSA) is 77.2 Å². The van der Waals surface area contributed by atoms with Crippen molar-refractivity contribution in [3.05, 3.63) is 65.5 Å². The van der Waals surface area contributed by atoms with Crippen LogP contribution in [0.1, 0.15) is 28.7 Å². The quantitative estimate of drug-likeness (QED) is 0.689. The fourth-order valence-corrected chi connectivity index (χ4v) is 2.26. The highest BCUT2D eigenvalue weighted by atomic mass is 16.5. The highest BCUT2D eigenvalue weighted by molar-refractivity contribution is 5.89. The van der Waals surface area contributed by atoms with Crippen molar-refractivity contribution in [2.24, 2.45) is 0 Å². The third kappa shape index (κ3) is 4.23. The van der Waals surface area contributed by atoms with E-state index < -0.39 is 0 Å². The SMILES string of the molecule is CCOC(=O)c1ccc(NCc2nc(-c3ccc(C)cc3)no2)cc1. The molecule has 0 aliphatic heterocycles. The molecule has 0 saturated carbocycles. The molecule has 3 rings (SSSR count). The molecule has 0 spiro atoms. The zero-order valence-electron chi connectivity index (χ0n) is 14.2. The number of nitrogens with zero attached hydrogens (tertiary/aromatic N) is 2. The van der Waals surface area contributed by atoms with E-state index >= 15 is 0 Å². The number of nitrogens with one attached hydrogen (secondary N) is 1. The molecule has 128 valence electrons. The van der Waals surface area contributed by atoms with Gasteiger partial charge in [-0.25, -0.2) is 4.79 Å². The van der Waals surface area contributed by atoms with Gasteiger partial charge in [0, 0.05) is 11.3 Å². The smallest absolute Gasteiger partial charge is 0.338 e. The number of carbonyl (C=O) groups is 1. The molecular formula is C19H19N3O3. The molecule has 3 aromatic rings. The van der Waals surface area contributed by atoms with Crippen LogP contribution in [-0.2, 0) is 11.3 Å². The second-order valence-electron chi connectivity index (χ2n) is 5.53. The molecule has 0 aliphatic carbocycles. The number of anilines is 1. The first-order valence-electron chi connectivity index (χ1n) is 8.06. The summed E-state index contributed by atoms with van der Waals surface area (Å²) in [4.78, 5) is 16.0. The number of hydrogen-bond donors (Lipinski definition) is 1. The van der Waals surface area contributed by atoms with E-state index in [1.807, 2.05) is 43.3 Å². The Morgan fingerprint density at radius 2 is 1.84 bits per heavy atom. The van der Waals surface area contributed by atoms with Gasteiger partial charge in [0.1, 0.15) is 0 Å². The molecule has 0 amide bonds. The van der Waals surface area contributed by atoms with Gasteiger partial charge in [-0.2, -0.15) is 4.98 Å². The highest BCUT2D eigenvalue weighted by Crippen LogP contribution is 2.17. The third-order valence-corrected chi connectivity index (χ3v) is 3.62. The van der Waals surface area contributed by atoms with E-state index in [1.165, 1.54) is 5.56 Å². The Morgan fingerprint density at radius 3 is 2.52 bits per heavy atom. The van der Waals surface area contributed by atoms with E-state index in [0.717, 1.165) is 11.3 Å². The summed E-state index contributed by atoms with van der Waals surface area (Å²) in [6.07, 6.45) is 0. The van der Waals surface area contributed by atoms with E-state index in [0.29, 0.717) is 30.4 Å². The molecule has 2 aromatic carbocycles. The summed E-state index contributed by atoms with van der Waals surface area (Å²) >= 11 is 0. The summed E-state index contributed by atoms with van der Waals surface area (Å²) in [5.41, 5.74) is 3.47. The maximum absolute atomic E-state index is 11.6. The van der Waals surface area contributed by atoms with Crippen molar-refractivity contribution in [2.45, 2.75) is 20.4 Å². The maximum atomic E-state index is 11.6. The van der Waals surface area contributed by atoms with Gasteiger partial charge >= 0.3 is 5.97 Å². The number of aromatic nitrogens is 2. The normalized spacial score (nSPS) is 10.5. The van der Waals surface area contributed by atoms with Gasteiger partial charge in [-0.3, -0.25) is 0 Å². The molecule has 1 heterocycles. The lowest BCUT2D eigenvalue weighted by atomic mass is 10.1. The van der Waals surface area contributed by atoms with Crippen LogP contribution in [0.2, 0.25) is 0 Å².